The highest BCUT2D eigenvalue weighted by atomic mass is 16.3. The summed E-state index contributed by atoms with van der Waals surface area (Å²) in [4.78, 5) is 4.84. The quantitative estimate of drug-likeness (QED) is 0.391. The number of aryl methyl sites for hydroxylation is 2. The lowest BCUT2D eigenvalue weighted by atomic mass is 9.91. The largest absolute Gasteiger partial charge is 0.437 e. The summed E-state index contributed by atoms with van der Waals surface area (Å²) in [5.41, 5.74) is 7.53. The monoisotopic (exact) mass is 373 g/mol. The second-order valence-electron chi connectivity index (χ2n) is 9.15. The molecule has 0 unspecified atom stereocenters. The smallest absolute Gasteiger partial charge is 0.227 e. The van der Waals surface area contributed by atoms with Crippen LogP contribution >= 0.6 is 0 Å². The molecular formula is C25H29N2O+. The molecule has 0 amide bonds. The zero-order valence-electron chi connectivity index (χ0n) is 17.9. The molecule has 3 heterocycles. The Morgan fingerprint density at radius 2 is 1.71 bits per heavy atom. The van der Waals surface area contributed by atoms with Crippen molar-refractivity contribution in [3.05, 3.63) is 59.4 Å². The maximum atomic E-state index is 6.39. The standard InChI is InChI=1S/C25H29N2O/c1-15(2)17-12-13-27(7)20(14-17)22-16(3)8-9-18-19-10-11-21(25(4,5)6)26-24(19)28-23(18)22/h8-15H,1-7H3/q+1. The summed E-state index contributed by atoms with van der Waals surface area (Å²) in [5, 5.41) is 2.20. The van der Waals surface area contributed by atoms with Crippen molar-refractivity contribution in [3.8, 4) is 11.3 Å². The van der Waals surface area contributed by atoms with Gasteiger partial charge in [0, 0.05) is 34.0 Å². The highest BCUT2D eigenvalue weighted by molar-refractivity contribution is 6.08. The first-order chi connectivity index (χ1) is 13.2. The molecule has 28 heavy (non-hydrogen) atoms. The maximum Gasteiger partial charge on any atom is 0.227 e. The van der Waals surface area contributed by atoms with E-state index < -0.39 is 0 Å². The van der Waals surface area contributed by atoms with E-state index in [0.29, 0.717) is 5.92 Å². The molecule has 0 aliphatic heterocycles. The molecular weight excluding hydrogens is 344 g/mol. The molecule has 3 aromatic heterocycles. The molecule has 0 atom stereocenters. The van der Waals surface area contributed by atoms with Gasteiger partial charge in [-0.2, -0.15) is 0 Å². The first-order valence-electron chi connectivity index (χ1n) is 10.00. The number of aromatic nitrogens is 2. The maximum absolute atomic E-state index is 6.39. The van der Waals surface area contributed by atoms with Crippen molar-refractivity contribution in [2.75, 3.05) is 0 Å². The number of fused-ring (bicyclic) bond motifs is 3. The zero-order chi connectivity index (χ0) is 20.2. The fraction of sp³-hybridized carbons (Fsp3) is 0.360. The third-order valence-electron chi connectivity index (χ3n) is 5.58. The number of benzene rings is 1. The minimum atomic E-state index is -0.00997. The van der Waals surface area contributed by atoms with Gasteiger partial charge in [0.05, 0.1) is 5.56 Å². The van der Waals surface area contributed by atoms with Crippen molar-refractivity contribution in [2.24, 2.45) is 7.05 Å². The number of pyridine rings is 2. The molecule has 0 radical (unpaired) electrons. The van der Waals surface area contributed by atoms with Crippen LogP contribution in [0.15, 0.2) is 47.0 Å². The molecule has 0 aliphatic rings. The third-order valence-corrected chi connectivity index (χ3v) is 5.58. The van der Waals surface area contributed by atoms with Gasteiger partial charge in [0.25, 0.3) is 0 Å². The molecule has 0 saturated carbocycles. The van der Waals surface area contributed by atoms with Gasteiger partial charge in [0.1, 0.15) is 7.05 Å². The van der Waals surface area contributed by atoms with E-state index in [2.05, 4.69) is 95.8 Å². The Hall–Kier alpha value is -2.68. The van der Waals surface area contributed by atoms with Crippen LogP contribution in [-0.4, -0.2) is 4.98 Å². The van der Waals surface area contributed by atoms with Crippen LogP contribution in [0.4, 0.5) is 0 Å². The van der Waals surface area contributed by atoms with Crippen LogP contribution in [-0.2, 0) is 12.5 Å². The van der Waals surface area contributed by atoms with Crippen LogP contribution in [0, 0.1) is 6.92 Å². The number of hydrogen-bond acceptors (Lipinski definition) is 2. The fourth-order valence-corrected chi connectivity index (χ4v) is 3.75. The van der Waals surface area contributed by atoms with Crippen molar-refractivity contribution in [3.63, 3.8) is 0 Å². The average Bonchev–Trinajstić information content (AvgIpc) is 2.99. The molecule has 0 bridgehead atoms. The molecule has 144 valence electrons. The van der Waals surface area contributed by atoms with Gasteiger partial charge in [0.15, 0.2) is 11.8 Å². The minimum Gasteiger partial charge on any atom is -0.437 e. The molecule has 1 aromatic carbocycles. The summed E-state index contributed by atoms with van der Waals surface area (Å²) in [5.74, 6) is 0.478. The van der Waals surface area contributed by atoms with E-state index in [0.717, 1.165) is 33.3 Å². The van der Waals surface area contributed by atoms with Crippen LogP contribution in [0.2, 0.25) is 0 Å². The summed E-state index contributed by atoms with van der Waals surface area (Å²) >= 11 is 0. The molecule has 4 rings (SSSR count). The summed E-state index contributed by atoms with van der Waals surface area (Å²) < 4.78 is 8.56. The molecule has 4 aromatic rings. The van der Waals surface area contributed by atoms with Gasteiger partial charge >= 0.3 is 0 Å². The Labute approximate surface area is 167 Å². The van der Waals surface area contributed by atoms with Gasteiger partial charge in [-0.25, -0.2) is 9.55 Å². The van der Waals surface area contributed by atoms with Gasteiger partial charge in [-0.1, -0.05) is 46.8 Å². The van der Waals surface area contributed by atoms with Gasteiger partial charge in [0.2, 0.25) is 11.4 Å². The van der Waals surface area contributed by atoms with Crippen LogP contribution in [0.25, 0.3) is 33.3 Å². The predicted molar refractivity (Wildman–Crippen MR) is 116 cm³/mol. The summed E-state index contributed by atoms with van der Waals surface area (Å²) in [7, 11) is 2.09. The topological polar surface area (TPSA) is 29.9 Å². The van der Waals surface area contributed by atoms with E-state index in [1.165, 1.54) is 16.8 Å². The SMILES string of the molecule is Cc1ccc2c(oc3nc(C(C)(C)C)ccc32)c1-c1cc(C(C)C)cc[n+]1C. The second-order valence-corrected chi connectivity index (χ2v) is 9.15. The summed E-state index contributed by atoms with van der Waals surface area (Å²) in [6, 6.07) is 13.1. The molecule has 3 nitrogen and oxygen atoms in total. The predicted octanol–water partition coefficient (Wildman–Crippen LogP) is 6.20. The lowest BCUT2D eigenvalue weighted by molar-refractivity contribution is -0.660. The first kappa shape index (κ1) is 18.7. The highest BCUT2D eigenvalue weighted by Gasteiger charge is 2.23. The molecule has 0 N–H and O–H groups in total. The van der Waals surface area contributed by atoms with E-state index >= 15 is 0 Å². The highest BCUT2D eigenvalue weighted by Crippen LogP contribution is 2.37. The average molecular weight is 374 g/mol. The van der Waals surface area contributed by atoms with Crippen molar-refractivity contribution < 1.29 is 8.98 Å². The molecule has 3 heteroatoms. The third kappa shape index (κ3) is 2.99. The first-order valence-corrected chi connectivity index (χ1v) is 10.00. The number of nitrogens with zero attached hydrogens (tertiary/aromatic N) is 2. The van der Waals surface area contributed by atoms with Crippen LogP contribution in [0.3, 0.4) is 0 Å². The Morgan fingerprint density at radius 1 is 1.00 bits per heavy atom. The Bertz CT molecular complexity index is 1190. The normalized spacial score (nSPS) is 12.4. The zero-order valence-corrected chi connectivity index (χ0v) is 17.9. The second kappa shape index (κ2) is 6.44. The van der Waals surface area contributed by atoms with Crippen LogP contribution in [0.1, 0.15) is 57.4 Å². The van der Waals surface area contributed by atoms with E-state index in [1.807, 2.05) is 0 Å². The molecule has 0 fully saturated rings. The molecule has 0 spiro atoms. The van der Waals surface area contributed by atoms with E-state index in [4.69, 9.17) is 9.40 Å². The van der Waals surface area contributed by atoms with E-state index in [-0.39, 0.29) is 5.41 Å². The lowest BCUT2D eigenvalue weighted by Crippen LogP contribution is -2.31. The van der Waals surface area contributed by atoms with Gasteiger partial charge < -0.3 is 4.42 Å². The minimum absolute atomic E-state index is 0.00997. The van der Waals surface area contributed by atoms with Crippen LogP contribution < -0.4 is 4.57 Å². The van der Waals surface area contributed by atoms with Crippen molar-refractivity contribution >= 4 is 22.1 Å². The lowest BCUT2D eigenvalue weighted by Gasteiger charge is -2.16. The van der Waals surface area contributed by atoms with Gasteiger partial charge in [-0.3, -0.25) is 0 Å². The molecule has 0 saturated heterocycles. The van der Waals surface area contributed by atoms with Gasteiger partial charge in [-0.05, 0) is 36.1 Å². The van der Waals surface area contributed by atoms with Crippen molar-refractivity contribution in [2.45, 2.75) is 52.9 Å². The van der Waals surface area contributed by atoms with Crippen molar-refractivity contribution in [1.29, 1.82) is 0 Å². The van der Waals surface area contributed by atoms with E-state index in [1.54, 1.807) is 0 Å². The van der Waals surface area contributed by atoms with Crippen molar-refractivity contribution in [1.82, 2.24) is 4.98 Å². The number of rotatable bonds is 2. The Morgan fingerprint density at radius 3 is 2.39 bits per heavy atom. The van der Waals surface area contributed by atoms with Crippen LogP contribution in [0.5, 0.6) is 0 Å². The van der Waals surface area contributed by atoms with E-state index in [9.17, 15) is 0 Å². The number of hydrogen-bond donors (Lipinski definition) is 0. The molecule has 0 aliphatic carbocycles. The fourth-order valence-electron chi connectivity index (χ4n) is 3.75. The Balaban J connectivity index is 2.04. The summed E-state index contributed by atoms with van der Waals surface area (Å²) in [6.07, 6.45) is 2.14. The summed E-state index contributed by atoms with van der Waals surface area (Å²) in [6.45, 7) is 13.1. The van der Waals surface area contributed by atoms with Gasteiger partial charge in [-0.15, -0.1) is 0 Å². The number of furan rings is 1. The Kier molecular flexibility index (Phi) is 4.29.